The van der Waals surface area contributed by atoms with E-state index < -0.39 is 11.8 Å². The van der Waals surface area contributed by atoms with E-state index in [9.17, 15) is 9.59 Å². The lowest BCUT2D eigenvalue weighted by atomic mass is 10.1. The molecule has 80 valence electrons. The van der Waals surface area contributed by atoms with E-state index in [2.05, 4.69) is 4.98 Å². The Morgan fingerprint density at radius 2 is 2.27 bits per heavy atom. The normalized spacial score (nSPS) is 11.4. The minimum atomic E-state index is -1.52. The summed E-state index contributed by atoms with van der Waals surface area (Å²) in [4.78, 5) is 25.1. The van der Waals surface area contributed by atoms with Crippen LogP contribution in [0.25, 0.3) is 5.57 Å². The van der Waals surface area contributed by atoms with E-state index in [0.717, 1.165) is 6.08 Å². The van der Waals surface area contributed by atoms with Gasteiger partial charge in [-0.15, -0.1) is 11.3 Å². The maximum Gasteiger partial charge on any atom is 0.376 e. The number of nitrogens with zero attached hydrogens (tertiary/aromatic N) is 1. The van der Waals surface area contributed by atoms with Crippen LogP contribution in [0.15, 0.2) is 11.5 Å². The summed E-state index contributed by atoms with van der Waals surface area (Å²) in [5.41, 5.74) is 11.6. The number of nitrogen functional groups attached to an aromatic ring is 1. The third-order valence-corrected chi connectivity index (χ3v) is 2.26. The molecule has 1 rings (SSSR count). The summed E-state index contributed by atoms with van der Waals surface area (Å²) >= 11 is 1.20. The van der Waals surface area contributed by atoms with Gasteiger partial charge in [0.1, 0.15) is 0 Å². The van der Waals surface area contributed by atoms with Crippen molar-refractivity contribution < 1.29 is 14.7 Å². The summed E-state index contributed by atoms with van der Waals surface area (Å²) in [7, 11) is 0. The molecular formula is C8H9N3O3S. The van der Waals surface area contributed by atoms with Crippen LogP contribution in [0.1, 0.15) is 5.69 Å². The molecule has 15 heavy (non-hydrogen) atoms. The SMILES string of the molecule is NCC(=CC(=O)C(=O)O)c1csc(N)n1. The molecule has 1 heterocycles. The average Bonchev–Trinajstić information content (AvgIpc) is 2.60. The summed E-state index contributed by atoms with van der Waals surface area (Å²) in [6, 6.07) is 0. The topological polar surface area (TPSA) is 119 Å². The molecule has 6 nitrogen and oxygen atoms in total. The number of rotatable bonds is 4. The lowest BCUT2D eigenvalue weighted by molar-refractivity contribution is -0.146. The van der Waals surface area contributed by atoms with Crippen LogP contribution in [0.5, 0.6) is 0 Å². The lowest BCUT2D eigenvalue weighted by Crippen LogP contribution is -2.12. The molecule has 0 fully saturated rings. The highest BCUT2D eigenvalue weighted by Gasteiger charge is 2.11. The van der Waals surface area contributed by atoms with E-state index in [1.165, 1.54) is 11.3 Å². The molecule has 0 aromatic carbocycles. The Hall–Kier alpha value is -1.73. The van der Waals surface area contributed by atoms with Gasteiger partial charge in [-0.25, -0.2) is 9.78 Å². The smallest absolute Gasteiger partial charge is 0.376 e. The number of ketones is 1. The number of aliphatic carboxylic acids is 1. The third kappa shape index (κ3) is 2.86. The number of thiazole rings is 1. The molecule has 7 heteroatoms. The second-order valence-corrected chi connectivity index (χ2v) is 3.50. The van der Waals surface area contributed by atoms with Crippen molar-refractivity contribution in [3.05, 3.63) is 17.2 Å². The Balaban J connectivity index is 2.98. The number of carbonyl (C=O) groups is 2. The zero-order chi connectivity index (χ0) is 11.4. The Kier molecular flexibility index (Phi) is 3.53. The Morgan fingerprint density at radius 1 is 1.60 bits per heavy atom. The second kappa shape index (κ2) is 4.67. The van der Waals surface area contributed by atoms with Crippen molar-refractivity contribution in [2.75, 3.05) is 12.3 Å². The number of carboxylic acid groups (broad SMARTS) is 1. The van der Waals surface area contributed by atoms with Gasteiger partial charge in [0.05, 0.1) is 5.69 Å². The van der Waals surface area contributed by atoms with Gasteiger partial charge in [-0.2, -0.15) is 0 Å². The molecular weight excluding hydrogens is 218 g/mol. The fraction of sp³-hybridized carbons (Fsp3) is 0.125. The van der Waals surface area contributed by atoms with Gasteiger partial charge in [0, 0.05) is 11.9 Å². The van der Waals surface area contributed by atoms with E-state index in [4.69, 9.17) is 16.6 Å². The van der Waals surface area contributed by atoms with Crippen LogP contribution in [0.3, 0.4) is 0 Å². The fourth-order valence-electron chi connectivity index (χ4n) is 0.893. The third-order valence-electron chi connectivity index (χ3n) is 1.59. The van der Waals surface area contributed by atoms with Crippen molar-refractivity contribution in [3.8, 4) is 0 Å². The fourth-order valence-corrected chi connectivity index (χ4v) is 1.48. The largest absolute Gasteiger partial charge is 0.475 e. The van der Waals surface area contributed by atoms with Gasteiger partial charge in [0.25, 0.3) is 5.78 Å². The minimum absolute atomic E-state index is 0.0300. The van der Waals surface area contributed by atoms with Crippen LogP contribution in [-0.2, 0) is 9.59 Å². The molecule has 0 aliphatic rings. The van der Waals surface area contributed by atoms with Gasteiger partial charge in [-0.1, -0.05) is 0 Å². The molecule has 1 aromatic heterocycles. The highest BCUT2D eigenvalue weighted by molar-refractivity contribution is 7.13. The zero-order valence-corrected chi connectivity index (χ0v) is 8.45. The molecule has 1 aromatic rings. The summed E-state index contributed by atoms with van der Waals surface area (Å²) in [6.45, 7) is 0.0300. The molecule has 0 radical (unpaired) electrons. The molecule has 0 amide bonds. The Morgan fingerprint density at radius 3 is 2.67 bits per heavy atom. The average molecular weight is 227 g/mol. The van der Waals surface area contributed by atoms with E-state index in [1.807, 2.05) is 0 Å². The van der Waals surface area contributed by atoms with Crippen LogP contribution in [0, 0.1) is 0 Å². The molecule has 0 saturated carbocycles. The number of carbonyl (C=O) groups excluding carboxylic acids is 1. The highest BCUT2D eigenvalue weighted by atomic mass is 32.1. The summed E-state index contributed by atoms with van der Waals surface area (Å²) in [5.74, 6) is -2.55. The first-order chi connectivity index (χ1) is 7.04. The van der Waals surface area contributed by atoms with Crippen LogP contribution in [0.4, 0.5) is 5.13 Å². The minimum Gasteiger partial charge on any atom is -0.475 e. The van der Waals surface area contributed by atoms with Gasteiger partial charge < -0.3 is 16.6 Å². The van der Waals surface area contributed by atoms with Crippen molar-refractivity contribution in [1.82, 2.24) is 4.98 Å². The molecule has 0 unspecified atom stereocenters. The van der Waals surface area contributed by atoms with Crippen LogP contribution in [0.2, 0.25) is 0 Å². The molecule has 0 aliphatic heterocycles. The van der Waals surface area contributed by atoms with Crippen LogP contribution >= 0.6 is 11.3 Å². The van der Waals surface area contributed by atoms with Crippen molar-refractivity contribution in [2.45, 2.75) is 0 Å². The summed E-state index contributed by atoms with van der Waals surface area (Å²) < 4.78 is 0. The molecule has 0 atom stereocenters. The van der Waals surface area contributed by atoms with Gasteiger partial charge in [0.2, 0.25) is 0 Å². The number of nitrogens with two attached hydrogens (primary N) is 2. The van der Waals surface area contributed by atoms with E-state index in [-0.39, 0.29) is 6.54 Å². The highest BCUT2D eigenvalue weighted by Crippen LogP contribution is 2.18. The van der Waals surface area contributed by atoms with Crippen LogP contribution in [-0.4, -0.2) is 28.4 Å². The van der Waals surface area contributed by atoms with E-state index >= 15 is 0 Å². The van der Waals surface area contributed by atoms with Gasteiger partial charge in [0.15, 0.2) is 5.13 Å². The number of anilines is 1. The van der Waals surface area contributed by atoms with Gasteiger partial charge in [-0.05, 0) is 11.6 Å². The van der Waals surface area contributed by atoms with Crippen molar-refractivity contribution in [3.63, 3.8) is 0 Å². The number of carboxylic acids is 1. The number of hydrogen-bond acceptors (Lipinski definition) is 6. The molecule has 0 aliphatic carbocycles. The molecule has 5 N–H and O–H groups in total. The first kappa shape index (κ1) is 11.3. The van der Waals surface area contributed by atoms with E-state index in [1.54, 1.807) is 5.38 Å². The van der Waals surface area contributed by atoms with E-state index in [0.29, 0.717) is 16.4 Å². The molecule has 0 bridgehead atoms. The van der Waals surface area contributed by atoms with Crippen LogP contribution < -0.4 is 11.5 Å². The lowest BCUT2D eigenvalue weighted by Gasteiger charge is -1.98. The first-order valence-electron chi connectivity index (χ1n) is 3.94. The van der Waals surface area contributed by atoms with Gasteiger partial charge >= 0.3 is 5.97 Å². The van der Waals surface area contributed by atoms with Crippen molar-refractivity contribution in [1.29, 1.82) is 0 Å². The first-order valence-corrected chi connectivity index (χ1v) is 4.82. The Labute approximate surface area is 89.2 Å². The molecule has 0 spiro atoms. The predicted molar refractivity (Wildman–Crippen MR) is 56.2 cm³/mol. The summed E-state index contributed by atoms with van der Waals surface area (Å²) in [5, 5.41) is 10.4. The number of hydrogen-bond donors (Lipinski definition) is 3. The monoisotopic (exact) mass is 227 g/mol. The molecule has 0 saturated heterocycles. The maximum absolute atomic E-state index is 10.9. The second-order valence-electron chi connectivity index (χ2n) is 2.61. The standard InChI is InChI=1S/C8H9N3O3S/c9-2-4(1-6(12)7(13)14)5-3-15-8(10)11-5/h1,3H,2,9H2,(H2,10,11)(H,13,14). The Bertz CT molecular complexity index is 425. The predicted octanol–water partition coefficient (Wildman–Crippen LogP) is -0.279. The van der Waals surface area contributed by atoms with Gasteiger partial charge in [-0.3, -0.25) is 4.79 Å². The van der Waals surface area contributed by atoms with Crippen molar-refractivity contribution in [2.24, 2.45) is 5.73 Å². The zero-order valence-electron chi connectivity index (χ0n) is 7.64. The summed E-state index contributed by atoms with van der Waals surface area (Å²) in [6.07, 6.45) is 0.955. The maximum atomic E-state index is 10.9. The number of aromatic nitrogens is 1. The van der Waals surface area contributed by atoms with Crippen molar-refractivity contribution >= 4 is 33.8 Å². The quantitative estimate of drug-likeness (QED) is 0.480.